The maximum atomic E-state index is 13.7. The third kappa shape index (κ3) is 7.29. The first-order valence-corrected chi connectivity index (χ1v) is 16.0. The highest BCUT2D eigenvalue weighted by Gasteiger charge is 2.49. The molecule has 3 atom stereocenters. The van der Waals surface area contributed by atoms with Crippen LogP contribution in [0.4, 0.5) is 0 Å². The van der Waals surface area contributed by atoms with Crippen molar-refractivity contribution < 1.29 is 29.7 Å². The number of Topliss-reactive ketones (excluding diaryl/α,β-unsaturated/α-hetero) is 2. The van der Waals surface area contributed by atoms with Gasteiger partial charge in [0.25, 0.3) is 5.91 Å². The molecule has 0 radical (unpaired) electrons. The maximum absolute atomic E-state index is 13.7. The lowest BCUT2D eigenvalue weighted by molar-refractivity contribution is -0.126. The zero-order valence-electron chi connectivity index (χ0n) is 26.4. The molecule has 3 aliphatic carbocycles. The number of aliphatic hydroxyl groups excluding tert-OH is 3. The van der Waals surface area contributed by atoms with Crippen LogP contribution < -0.4 is 5.73 Å². The summed E-state index contributed by atoms with van der Waals surface area (Å²) in [6.45, 7) is 11.2. The molecule has 45 heavy (non-hydrogen) atoms. The van der Waals surface area contributed by atoms with Crippen LogP contribution in [-0.4, -0.2) is 63.9 Å². The van der Waals surface area contributed by atoms with Crippen molar-refractivity contribution in [2.24, 2.45) is 23.5 Å². The molecule has 1 amide bonds. The van der Waals surface area contributed by atoms with E-state index in [9.17, 15) is 29.7 Å². The summed E-state index contributed by atoms with van der Waals surface area (Å²) in [7, 11) is 0. The molecule has 240 valence electrons. The second kappa shape index (κ2) is 15.3. The Kier molecular flexibility index (Phi) is 11.5. The van der Waals surface area contributed by atoms with Crippen LogP contribution in [0.25, 0.3) is 5.57 Å². The van der Waals surface area contributed by atoms with Gasteiger partial charge in [-0.2, -0.15) is 0 Å². The standard InChI is InChI=1S/C37H46N2O6/c1-4-10-29(27-12-8-7-11-23(27)14-17-39(15-5-2)16-6-3)28(13-9-18-40)24-19-25-20-26-22-31(42)34(37(38)45)36(44)33(26)35(43)32(25)30(41)21-24/h4,7-13,25-26,33,40,42-43H,1,5-6,14-22H2,2-3H3,(H2,38,45)/b13-9-,28-24+,29-10+/t25?,26-,33?/m0/s1. The minimum Gasteiger partial charge on any atom is -0.511 e. The van der Waals surface area contributed by atoms with Gasteiger partial charge in [-0.1, -0.05) is 74.6 Å². The highest BCUT2D eigenvalue weighted by atomic mass is 16.3. The maximum Gasteiger partial charge on any atom is 0.255 e. The van der Waals surface area contributed by atoms with Crippen molar-refractivity contribution in [2.75, 3.05) is 26.2 Å². The number of hydrogen-bond donors (Lipinski definition) is 4. The number of benzene rings is 1. The van der Waals surface area contributed by atoms with Gasteiger partial charge in [0.05, 0.1) is 12.5 Å². The van der Waals surface area contributed by atoms with Crippen LogP contribution in [0.2, 0.25) is 0 Å². The topological polar surface area (TPSA) is 141 Å². The van der Waals surface area contributed by atoms with Crippen LogP contribution in [0.15, 0.2) is 89.0 Å². The number of carbonyl (C=O) groups excluding carboxylic acids is 3. The summed E-state index contributed by atoms with van der Waals surface area (Å²) < 4.78 is 0. The van der Waals surface area contributed by atoms with Crippen molar-refractivity contribution in [1.82, 2.24) is 4.90 Å². The number of nitrogens with zero attached hydrogens (tertiary/aromatic N) is 1. The Labute approximate surface area is 266 Å². The van der Waals surface area contributed by atoms with E-state index in [1.54, 1.807) is 12.2 Å². The lowest BCUT2D eigenvalue weighted by atomic mass is 9.62. The molecule has 0 aliphatic heterocycles. The molecular weight excluding hydrogens is 568 g/mol. The lowest BCUT2D eigenvalue weighted by Gasteiger charge is -2.41. The Hall–Kier alpha value is -4.01. The average Bonchev–Trinajstić information content (AvgIpc) is 2.99. The highest BCUT2D eigenvalue weighted by Crippen LogP contribution is 2.50. The average molecular weight is 615 g/mol. The van der Waals surface area contributed by atoms with Crippen LogP contribution in [-0.2, 0) is 20.8 Å². The van der Waals surface area contributed by atoms with Gasteiger partial charge in [0.1, 0.15) is 17.1 Å². The van der Waals surface area contributed by atoms with Crippen molar-refractivity contribution in [3.05, 3.63) is 100 Å². The van der Waals surface area contributed by atoms with E-state index in [0.29, 0.717) is 12.8 Å². The van der Waals surface area contributed by atoms with Crippen LogP contribution >= 0.6 is 0 Å². The van der Waals surface area contributed by atoms with Gasteiger partial charge in [0, 0.05) is 25.0 Å². The van der Waals surface area contributed by atoms with Crippen LogP contribution in [0.3, 0.4) is 0 Å². The number of fused-ring (bicyclic) bond motifs is 2. The number of hydrogen-bond acceptors (Lipinski definition) is 7. The molecule has 3 aliphatic rings. The molecule has 1 fully saturated rings. The minimum absolute atomic E-state index is 0.0229. The van der Waals surface area contributed by atoms with Gasteiger partial charge in [-0.05, 0) is 79.3 Å². The van der Waals surface area contributed by atoms with Gasteiger partial charge in [-0.3, -0.25) is 14.4 Å². The fourth-order valence-corrected chi connectivity index (χ4v) is 7.35. The monoisotopic (exact) mass is 614 g/mol. The Bertz CT molecular complexity index is 1490. The molecule has 4 rings (SSSR count). The van der Waals surface area contributed by atoms with Crippen LogP contribution in [0.5, 0.6) is 0 Å². The van der Waals surface area contributed by atoms with Crippen LogP contribution in [0.1, 0.15) is 63.5 Å². The van der Waals surface area contributed by atoms with E-state index in [0.717, 1.165) is 61.2 Å². The SMILES string of the molecule is C=C/C=C(C(/C=C\CO)=C1/CC(=O)C2=C(O)C3C(=O)C(C(N)=O)=C(O)C[C@@H]3CC2C1)\c1ccccc1CCN(CCC)CCC. The van der Waals surface area contributed by atoms with Gasteiger partial charge in [0.2, 0.25) is 0 Å². The van der Waals surface area contributed by atoms with Crippen molar-refractivity contribution >= 4 is 23.0 Å². The minimum atomic E-state index is -1.07. The molecule has 8 heteroatoms. The summed E-state index contributed by atoms with van der Waals surface area (Å²) in [5.41, 5.74) is 9.88. The van der Waals surface area contributed by atoms with Gasteiger partial charge >= 0.3 is 0 Å². The number of ketones is 2. The first kappa shape index (κ1) is 33.9. The van der Waals surface area contributed by atoms with E-state index >= 15 is 0 Å². The van der Waals surface area contributed by atoms with Crippen molar-refractivity contribution in [1.29, 1.82) is 0 Å². The van der Waals surface area contributed by atoms with E-state index in [1.165, 1.54) is 5.56 Å². The first-order chi connectivity index (χ1) is 21.7. The van der Waals surface area contributed by atoms with E-state index in [-0.39, 0.29) is 48.2 Å². The number of primary amides is 1. The summed E-state index contributed by atoms with van der Waals surface area (Å²) in [6.07, 6.45) is 11.1. The van der Waals surface area contributed by atoms with Gasteiger partial charge in [-0.25, -0.2) is 0 Å². The third-order valence-corrected chi connectivity index (χ3v) is 9.15. The fraction of sp³-hybridized carbons (Fsp3) is 0.432. The van der Waals surface area contributed by atoms with E-state index in [2.05, 4.69) is 37.5 Å². The van der Waals surface area contributed by atoms with Gasteiger partial charge in [0.15, 0.2) is 11.6 Å². The Morgan fingerprint density at radius 3 is 2.44 bits per heavy atom. The molecule has 8 nitrogen and oxygen atoms in total. The molecule has 0 aromatic heterocycles. The van der Waals surface area contributed by atoms with E-state index in [4.69, 9.17) is 5.73 Å². The molecule has 1 saturated carbocycles. The largest absolute Gasteiger partial charge is 0.511 e. The Morgan fingerprint density at radius 2 is 1.80 bits per heavy atom. The molecule has 5 N–H and O–H groups in total. The number of carbonyl (C=O) groups is 3. The molecule has 0 spiro atoms. The number of aliphatic hydroxyl groups is 3. The Morgan fingerprint density at radius 1 is 1.09 bits per heavy atom. The quantitative estimate of drug-likeness (QED) is 0.171. The number of nitrogens with two attached hydrogens (primary N) is 1. The summed E-state index contributed by atoms with van der Waals surface area (Å²) >= 11 is 0. The van der Waals surface area contributed by atoms with Crippen molar-refractivity contribution in [3.8, 4) is 0 Å². The number of amides is 1. The summed E-state index contributed by atoms with van der Waals surface area (Å²) in [4.78, 5) is 41.2. The van der Waals surface area contributed by atoms with Gasteiger partial charge < -0.3 is 26.0 Å². The summed E-state index contributed by atoms with van der Waals surface area (Å²) in [5, 5.41) is 31.5. The summed E-state index contributed by atoms with van der Waals surface area (Å²) in [6, 6.07) is 8.24. The van der Waals surface area contributed by atoms with Crippen LogP contribution in [0, 0.1) is 17.8 Å². The van der Waals surface area contributed by atoms with Gasteiger partial charge in [-0.15, -0.1) is 0 Å². The predicted molar refractivity (Wildman–Crippen MR) is 176 cm³/mol. The normalized spacial score (nSPS) is 23.5. The molecular formula is C37H46N2O6. The van der Waals surface area contributed by atoms with E-state index < -0.39 is 29.1 Å². The second-order valence-corrected chi connectivity index (χ2v) is 12.2. The number of rotatable bonds is 13. The highest BCUT2D eigenvalue weighted by molar-refractivity contribution is 6.21. The third-order valence-electron chi connectivity index (χ3n) is 9.15. The zero-order valence-corrected chi connectivity index (χ0v) is 26.4. The molecule has 1 aromatic rings. The summed E-state index contributed by atoms with van der Waals surface area (Å²) in [5.74, 6) is -4.62. The lowest BCUT2D eigenvalue weighted by Crippen LogP contribution is -2.43. The molecule has 2 unspecified atom stereocenters. The second-order valence-electron chi connectivity index (χ2n) is 12.2. The van der Waals surface area contributed by atoms with Crippen molar-refractivity contribution in [2.45, 2.75) is 58.8 Å². The molecule has 1 aromatic carbocycles. The zero-order chi connectivity index (χ0) is 32.7. The Balaban J connectivity index is 1.75. The predicted octanol–water partition coefficient (Wildman–Crippen LogP) is 5.46. The number of allylic oxidation sites excluding steroid dienone is 9. The van der Waals surface area contributed by atoms with E-state index in [1.807, 2.05) is 24.3 Å². The molecule has 0 saturated heterocycles. The first-order valence-electron chi connectivity index (χ1n) is 16.0. The molecule has 0 bridgehead atoms. The van der Waals surface area contributed by atoms with Crippen molar-refractivity contribution in [3.63, 3.8) is 0 Å². The smallest absolute Gasteiger partial charge is 0.255 e. The fourth-order valence-electron chi connectivity index (χ4n) is 7.35. The molecule has 0 heterocycles.